The van der Waals surface area contributed by atoms with Gasteiger partial charge in [-0.05, 0) is 54.2 Å². The largest absolute Gasteiger partial charge is 0.418 e. The first kappa shape index (κ1) is 24.8. The Hall–Kier alpha value is -3.89. The maximum atomic E-state index is 13.7. The molecule has 11 heteroatoms. The number of aryl methyl sites for hydroxylation is 1. The number of imidazole rings is 1. The summed E-state index contributed by atoms with van der Waals surface area (Å²) in [5.74, 6) is 0.859. The lowest BCUT2D eigenvalue weighted by molar-refractivity contribution is -0.136. The third-order valence-corrected chi connectivity index (χ3v) is 7.24. The van der Waals surface area contributed by atoms with Gasteiger partial charge in [0.2, 0.25) is 5.91 Å². The predicted molar refractivity (Wildman–Crippen MR) is 130 cm³/mol. The van der Waals surface area contributed by atoms with Crippen LogP contribution < -0.4 is 5.69 Å². The van der Waals surface area contributed by atoms with E-state index in [9.17, 15) is 22.8 Å². The zero-order valence-electron chi connectivity index (χ0n) is 20.7. The highest BCUT2D eigenvalue weighted by atomic mass is 19.4. The van der Waals surface area contributed by atoms with E-state index in [1.807, 2.05) is 23.7 Å². The molecule has 0 aliphatic heterocycles. The van der Waals surface area contributed by atoms with Gasteiger partial charge in [0.25, 0.3) is 0 Å². The summed E-state index contributed by atoms with van der Waals surface area (Å²) >= 11 is 0. The van der Waals surface area contributed by atoms with Crippen LogP contribution in [0, 0.1) is 5.92 Å². The maximum absolute atomic E-state index is 13.7. The first-order chi connectivity index (χ1) is 17.5. The number of hydrogen-bond acceptors (Lipinski definition) is 4. The molecule has 4 aromatic rings. The molecule has 1 saturated carbocycles. The van der Waals surface area contributed by atoms with E-state index in [0.29, 0.717) is 11.6 Å². The van der Waals surface area contributed by atoms with Crippen molar-refractivity contribution in [3.63, 3.8) is 0 Å². The van der Waals surface area contributed by atoms with E-state index in [2.05, 4.69) is 10.2 Å². The monoisotopic (exact) mass is 512 g/mol. The molecule has 5 rings (SSSR count). The molecular weight excluding hydrogens is 485 g/mol. The summed E-state index contributed by atoms with van der Waals surface area (Å²) in [6.45, 7) is 1.74. The van der Waals surface area contributed by atoms with Crippen LogP contribution in [0.1, 0.15) is 54.6 Å². The SMILES string of the molecule is CC(=O)N(C)Cc1cc([C@H](c2nncn2C)C2CCC2)cc(-n2cc3c(C(F)(F)F)cccn3c2=O)c1. The number of aromatic nitrogens is 5. The third kappa shape index (κ3) is 4.54. The van der Waals surface area contributed by atoms with Gasteiger partial charge < -0.3 is 9.47 Å². The number of hydrogen-bond donors (Lipinski definition) is 0. The van der Waals surface area contributed by atoms with Gasteiger partial charge in [-0.1, -0.05) is 12.5 Å². The van der Waals surface area contributed by atoms with Gasteiger partial charge in [0, 0.05) is 45.9 Å². The number of rotatable bonds is 6. The average molecular weight is 513 g/mol. The molecule has 1 amide bonds. The highest BCUT2D eigenvalue weighted by Gasteiger charge is 2.35. The van der Waals surface area contributed by atoms with E-state index in [1.54, 1.807) is 24.3 Å². The number of carbonyl (C=O) groups is 1. The molecule has 0 saturated heterocycles. The quantitative estimate of drug-likeness (QED) is 0.389. The van der Waals surface area contributed by atoms with E-state index < -0.39 is 17.4 Å². The molecule has 1 atom stereocenters. The smallest absolute Gasteiger partial charge is 0.342 e. The highest BCUT2D eigenvalue weighted by molar-refractivity contribution is 5.72. The van der Waals surface area contributed by atoms with Crippen molar-refractivity contribution in [3.8, 4) is 5.69 Å². The van der Waals surface area contributed by atoms with Gasteiger partial charge >= 0.3 is 11.9 Å². The Morgan fingerprint density at radius 3 is 2.59 bits per heavy atom. The Labute approximate surface area is 211 Å². The van der Waals surface area contributed by atoms with Crippen LogP contribution in [0.25, 0.3) is 11.2 Å². The summed E-state index contributed by atoms with van der Waals surface area (Å²) in [6.07, 6.45) is 2.70. The number of carbonyl (C=O) groups excluding carboxylic acids is 1. The molecule has 0 bridgehead atoms. The topological polar surface area (TPSA) is 77.4 Å². The molecule has 0 N–H and O–H groups in total. The number of benzene rings is 1. The molecule has 3 aromatic heterocycles. The first-order valence-electron chi connectivity index (χ1n) is 12.0. The molecule has 194 valence electrons. The number of amides is 1. The van der Waals surface area contributed by atoms with Crippen molar-refractivity contribution in [2.75, 3.05) is 7.05 Å². The number of pyridine rings is 1. The summed E-state index contributed by atoms with van der Waals surface area (Å²) in [4.78, 5) is 26.8. The van der Waals surface area contributed by atoms with Crippen molar-refractivity contribution in [1.82, 2.24) is 28.6 Å². The lowest BCUT2D eigenvalue weighted by Gasteiger charge is -2.34. The van der Waals surface area contributed by atoms with Crippen molar-refractivity contribution in [2.24, 2.45) is 13.0 Å². The fraction of sp³-hybridized carbons (Fsp3) is 0.385. The highest BCUT2D eigenvalue weighted by Crippen LogP contribution is 2.43. The third-order valence-electron chi connectivity index (χ3n) is 7.24. The summed E-state index contributed by atoms with van der Waals surface area (Å²) in [5.41, 5.74) is 0.348. The molecule has 0 radical (unpaired) electrons. The summed E-state index contributed by atoms with van der Waals surface area (Å²) in [6, 6.07) is 7.74. The van der Waals surface area contributed by atoms with Crippen LogP contribution in [0.5, 0.6) is 0 Å². The fourth-order valence-electron chi connectivity index (χ4n) is 5.01. The van der Waals surface area contributed by atoms with Crippen LogP contribution in [0.15, 0.2) is 53.8 Å². The molecule has 1 aliphatic carbocycles. The Morgan fingerprint density at radius 1 is 1.24 bits per heavy atom. The van der Waals surface area contributed by atoms with Gasteiger partial charge in [0.15, 0.2) is 0 Å². The van der Waals surface area contributed by atoms with Crippen molar-refractivity contribution in [1.29, 1.82) is 0 Å². The van der Waals surface area contributed by atoms with E-state index in [-0.39, 0.29) is 23.9 Å². The van der Waals surface area contributed by atoms with Gasteiger partial charge in [-0.3, -0.25) is 13.8 Å². The number of nitrogens with zero attached hydrogens (tertiary/aromatic N) is 6. The van der Waals surface area contributed by atoms with Crippen LogP contribution in [-0.4, -0.2) is 41.6 Å². The minimum absolute atomic E-state index is 0.110. The average Bonchev–Trinajstić information content (AvgIpc) is 3.38. The molecule has 0 unspecified atom stereocenters. The lowest BCUT2D eigenvalue weighted by Crippen LogP contribution is -2.26. The van der Waals surface area contributed by atoms with E-state index in [4.69, 9.17) is 0 Å². The summed E-state index contributed by atoms with van der Waals surface area (Å²) < 4.78 is 45.1. The van der Waals surface area contributed by atoms with Crippen LogP contribution in [0.2, 0.25) is 0 Å². The van der Waals surface area contributed by atoms with Gasteiger partial charge in [-0.25, -0.2) is 4.79 Å². The molecule has 1 aliphatic rings. The Kier molecular flexibility index (Phi) is 6.17. The Morgan fingerprint density at radius 2 is 2.00 bits per heavy atom. The van der Waals surface area contributed by atoms with E-state index in [0.717, 1.165) is 46.7 Å². The van der Waals surface area contributed by atoms with Crippen molar-refractivity contribution < 1.29 is 18.0 Å². The second kappa shape index (κ2) is 9.20. The number of halogens is 3. The number of fused-ring (bicyclic) bond motifs is 1. The zero-order chi connectivity index (χ0) is 26.5. The van der Waals surface area contributed by atoms with Crippen LogP contribution >= 0.6 is 0 Å². The van der Waals surface area contributed by atoms with E-state index in [1.165, 1.54) is 30.0 Å². The second-order valence-corrected chi connectivity index (χ2v) is 9.73. The van der Waals surface area contributed by atoms with Crippen LogP contribution in [-0.2, 0) is 24.6 Å². The van der Waals surface area contributed by atoms with Gasteiger partial charge in [-0.2, -0.15) is 13.2 Å². The van der Waals surface area contributed by atoms with Gasteiger partial charge in [0.05, 0.1) is 16.8 Å². The molecule has 0 spiro atoms. The summed E-state index contributed by atoms with van der Waals surface area (Å²) in [7, 11) is 3.55. The van der Waals surface area contributed by atoms with Crippen LogP contribution in [0.4, 0.5) is 13.2 Å². The van der Waals surface area contributed by atoms with Gasteiger partial charge in [-0.15, -0.1) is 10.2 Å². The molecule has 37 heavy (non-hydrogen) atoms. The normalized spacial score (nSPS) is 15.1. The second-order valence-electron chi connectivity index (χ2n) is 9.73. The molecule has 1 aromatic carbocycles. The Bertz CT molecular complexity index is 1530. The predicted octanol–water partition coefficient (Wildman–Crippen LogP) is 4.15. The first-order valence-corrected chi connectivity index (χ1v) is 12.0. The maximum Gasteiger partial charge on any atom is 0.418 e. The van der Waals surface area contributed by atoms with Crippen molar-refractivity contribution >= 4 is 11.4 Å². The molecule has 3 heterocycles. The zero-order valence-corrected chi connectivity index (χ0v) is 20.7. The lowest BCUT2D eigenvalue weighted by atomic mass is 9.72. The number of alkyl halides is 3. The van der Waals surface area contributed by atoms with E-state index >= 15 is 0 Å². The standard InChI is InChI=1S/C26H27F3N6O2/c1-16(36)32(2)13-17-10-19(23(18-6-4-7-18)24-31-30-15-33(24)3)12-20(11-17)35-14-22-21(26(27,28)29)8-5-9-34(22)25(35)37/h5,8-12,14-15,18,23H,4,6-7,13H2,1-3H3/t23-/m1/s1. The van der Waals surface area contributed by atoms with Crippen LogP contribution in [0.3, 0.4) is 0 Å². The van der Waals surface area contributed by atoms with Gasteiger partial charge in [0.1, 0.15) is 12.2 Å². The Balaban J connectivity index is 1.71. The molecule has 8 nitrogen and oxygen atoms in total. The van der Waals surface area contributed by atoms with Crippen molar-refractivity contribution in [3.05, 3.63) is 82.1 Å². The minimum Gasteiger partial charge on any atom is -0.342 e. The fourth-order valence-corrected chi connectivity index (χ4v) is 5.01. The molecular formula is C26H27F3N6O2. The summed E-state index contributed by atoms with van der Waals surface area (Å²) in [5, 5.41) is 8.41. The minimum atomic E-state index is -4.61. The molecule has 1 fully saturated rings. The van der Waals surface area contributed by atoms with Crippen molar-refractivity contribution in [2.45, 2.75) is 44.8 Å².